The van der Waals surface area contributed by atoms with Gasteiger partial charge in [-0.3, -0.25) is 9.69 Å². The number of anilines is 2. The number of hydrogen-bond acceptors (Lipinski definition) is 4. The van der Waals surface area contributed by atoms with Crippen molar-refractivity contribution in [1.82, 2.24) is 0 Å². The van der Waals surface area contributed by atoms with Crippen molar-refractivity contribution >= 4 is 29.9 Å². The zero-order chi connectivity index (χ0) is 21.5. The molecular formula is C19H14F5N3OS. The predicted octanol–water partition coefficient (Wildman–Crippen LogP) is 4.59. The van der Waals surface area contributed by atoms with Gasteiger partial charge in [0.15, 0.2) is 11.5 Å². The molecule has 1 aliphatic heterocycles. The van der Waals surface area contributed by atoms with Gasteiger partial charge in [-0.15, -0.1) is 12.6 Å². The van der Waals surface area contributed by atoms with Gasteiger partial charge in [0.1, 0.15) is 0 Å². The van der Waals surface area contributed by atoms with Crippen molar-refractivity contribution in [2.75, 3.05) is 9.80 Å². The second-order valence-electron chi connectivity index (χ2n) is 6.42. The molecular weight excluding hydrogens is 413 g/mol. The lowest BCUT2D eigenvalue weighted by molar-refractivity contribution is -0.137. The highest BCUT2D eigenvalue weighted by molar-refractivity contribution is 7.81. The summed E-state index contributed by atoms with van der Waals surface area (Å²) in [6, 6.07) is 8.52. The Morgan fingerprint density at radius 1 is 1.10 bits per heavy atom. The van der Waals surface area contributed by atoms with E-state index in [9.17, 15) is 26.7 Å². The molecule has 0 bridgehead atoms. The van der Waals surface area contributed by atoms with Crippen LogP contribution in [-0.2, 0) is 11.0 Å². The number of thiol groups is 1. The smallest absolute Gasteiger partial charge is 0.325 e. The van der Waals surface area contributed by atoms with E-state index in [1.54, 1.807) is 19.1 Å². The molecule has 0 aliphatic carbocycles. The molecule has 0 saturated carbocycles. The Labute approximate surface area is 168 Å². The summed E-state index contributed by atoms with van der Waals surface area (Å²) in [7, 11) is 0. The molecule has 1 saturated heterocycles. The highest BCUT2D eigenvalue weighted by Gasteiger charge is 2.50. The summed E-state index contributed by atoms with van der Waals surface area (Å²) in [5.74, 6) is -1.08. The Kier molecular flexibility index (Phi) is 5.45. The second kappa shape index (κ2) is 7.55. The molecule has 3 rings (SSSR count). The Bertz CT molecular complexity index is 971. The van der Waals surface area contributed by atoms with Crippen LogP contribution >= 0.6 is 12.6 Å². The van der Waals surface area contributed by atoms with Gasteiger partial charge in [-0.05, 0) is 37.3 Å². The van der Waals surface area contributed by atoms with Crippen molar-refractivity contribution in [3.05, 3.63) is 59.2 Å². The highest BCUT2D eigenvalue weighted by Crippen LogP contribution is 2.40. The minimum atomic E-state index is -4.85. The molecule has 0 N–H and O–H groups in total. The first-order valence-corrected chi connectivity index (χ1v) is 8.83. The van der Waals surface area contributed by atoms with Crippen molar-refractivity contribution in [1.29, 1.82) is 5.26 Å². The Hall–Kier alpha value is -2.80. The van der Waals surface area contributed by atoms with Crippen LogP contribution in [0.3, 0.4) is 0 Å². The van der Waals surface area contributed by atoms with Crippen molar-refractivity contribution in [2.24, 2.45) is 0 Å². The van der Waals surface area contributed by atoms with Crippen LogP contribution in [0.15, 0.2) is 42.5 Å². The third-order valence-corrected chi connectivity index (χ3v) is 5.03. The minimum Gasteiger partial charge on any atom is -0.325 e. The van der Waals surface area contributed by atoms with E-state index in [1.165, 1.54) is 18.2 Å². The van der Waals surface area contributed by atoms with Crippen LogP contribution < -0.4 is 9.80 Å². The normalized spacial score (nSPS) is 19.8. The average molecular weight is 427 g/mol. The first kappa shape index (κ1) is 20.9. The predicted molar refractivity (Wildman–Crippen MR) is 99.9 cm³/mol. The van der Waals surface area contributed by atoms with Gasteiger partial charge in [-0.1, -0.05) is 17.7 Å². The lowest BCUT2D eigenvalue weighted by atomic mass is 10.1. The lowest BCUT2D eigenvalue weighted by Gasteiger charge is -2.29. The van der Waals surface area contributed by atoms with Crippen LogP contribution in [0.25, 0.3) is 0 Å². The van der Waals surface area contributed by atoms with Gasteiger partial charge in [0.2, 0.25) is 0 Å². The van der Waals surface area contributed by atoms with Crippen LogP contribution in [0, 0.1) is 18.3 Å². The van der Waals surface area contributed by atoms with E-state index in [-0.39, 0.29) is 11.4 Å². The van der Waals surface area contributed by atoms with Crippen molar-refractivity contribution in [3.8, 4) is 6.07 Å². The molecule has 1 heterocycles. The fourth-order valence-corrected chi connectivity index (χ4v) is 3.68. The summed E-state index contributed by atoms with van der Waals surface area (Å²) in [5, 5.41) is 8.92. The third kappa shape index (κ3) is 3.74. The van der Waals surface area contributed by atoms with E-state index in [0.717, 1.165) is 27.5 Å². The number of nitrogens with zero attached hydrogens (tertiary/aromatic N) is 3. The van der Waals surface area contributed by atoms with E-state index in [1.807, 2.05) is 0 Å². The third-order valence-electron chi connectivity index (χ3n) is 4.55. The SMILES string of the molecule is Cc1ccc(N2C(C(F)F)C(=O)N(c3ccc(C#N)c(C(F)(F)F)c3)C2S)cc1. The second-order valence-corrected chi connectivity index (χ2v) is 6.88. The van der Waals surface area contributed by atoms with Gasteiger partial charge in [0.25, 0.3) is 12.3 Å². The van der Waals surface area contributed by atoms with Crippen molar-refractivity contribution < 1.29 is 26.7 Å². The number of hydrogen-bond donors (Lipinski definition) is 1. The van der Waals surface area contributed by atoms with Crippen molar-refractivity contribution in [3.63, 3.8) is 0 Å². The first-order valence-electron chi connectivity index (χ1n) is 8.32. The van der Waals surface area contributed by atoms with Crippen LogP contribution in [-0.4, -0.2) is 23.9 Å². The monoisotopic (exact) mass is 427 g/mol. The topological polar surface area (TPSA) is 47.3 Å². The van der Waals surface area contributed by atoms with Crippen LogP contribution in [0.5, 0.6) is 0 Å². The molecule has 10 heteroatoms. The van der Waals surface area contributed by atoms with Crippen LogP contribution in [0.1, 0.15) is 16.7 Å². The number of amides is 1. The zero-order valence-corrected chi connectivity index (χ0v) is 15.8. The van der Waals surface area contributed by atoms with Crippen LogP contribution in [0.2, 0.25) is 0 Å². The maximum Gasteiger partial charge on any atom is 0.417 e. The van der Waals surface area contributed by atoms with Gasteiger partial charge in [-0.2, -0.15) is 18.4 Å². The average Bonchev–Trinajstić information content (AvgIpc) is 2.92. The summed E-state index contributed by atoms with van der Waals surface area (Å²) in [5.41, 5.74) is -2.29. The molecule has 0 radical (unpaired) electrons. The number of rotatable bonds is 3. The van der Waals surface area contributed by atoms with Gasteiger partial charge in [-0.25, -0.2) is 8.78 Å². The number of benzene rings is 2. The number of alkyl halides is 5. The van der Waals surface area contributed by atoms with Crippen LogP contribution in [0.4, 0.5) is 33.3 Å². The van der Waals surface area contributed by atoms with Gasteiger partial charge in [0, 0.05) is 11.4 Å². The molecule has 2 aromatic rings. The van der Waals surface area contributed by atoms with E-state index < -0.39 is 41.2 Å². The van der Waals surface area contributed by atoms with E-state index in [4.69, 9.17) is 5.26 Å². The molecule has 0 aromatic heterocycles. The molecule has 152 valence electrons. The highest BCUT2D eigenvalue weighted by atomic mass is 32.1. The largest absolute Gasteiger partial charge is 0.417 e. The Morgan fingerprint density at radius 2 is 1.69 bits per heavy atom. The summed E-state index contributed by atoms with van der Waals surface area (Å²) >= 11 is 4.25. The van der Waals surface area contributed by atoms with E-state index >= 15 is 0 Å². The number of carbonyl (C=O) groups excluding carboxylic acids is 1. The number of carbonyl (C=O) groups is 1. The fraction of sp³-hybridized carbons (Fsp3) is 0.263. The van der Waals surface area contributed by atoms with Gasteiger partial charge < -0.3 is 4.90 Å². The molecule has 2 aromatic carbocycles. The number of nitriles is 1. The number of aryl methyl sites for hydroxylation is 1. The number of halogens is 5. The molecule has 29 heavy (non-hydrogen) atoms. The van der Waals surface area contributed by atoms with E-state index in [0.29, 0.717) is 6.07 Å². The summed E-state index contributed by atoms with van der Waals surface area (Å²) in [6.45, 7) is 1.80. The Balaban J connectivity index is 2.10. The standard InChI is InChI=1S/C19H14F5N3OS/c1-10-2-5-12(6-3-10)26-15(16(20)21)17(28)27(18(26)29)13-7-4-11(9-25)14(8-13)19(22,23)24/h2-8,15-16,18,29H,1H3. The van der Waals surface area contributed by atoms with Gasteiger partial charge >= 0.3 is 6.18 Å². The van der Waals surface area contributed by atoms with Gasteiger partial charge in [0.05, 0.1) is 17.2 Å². The first-order chi connectivity index (χ1) is 13.6. The quantitative estimate of drug-likeness (QED) is 0.576. The summed E-state index contributed by atoms with van der Waals surface area (Å²) < 4.78 is 67.2. The maximum atomic E-state index is 13.7. The lowest BCUT2D eigenvalue weighted by Crippen LogP contribution is -2.41. The summed E-state index contributed by atoms with van der Waals surface area (Å²) in [6.07, 6.45) is -7.95. The zero-order valence-electron chi connectivity index (χ0n) is 14.9. The molecule has 2 unspecified atom stereocenters. The summed E-state index contributed by atoms with van der Waals surface area (Å²) in [4.78, 5) is 14.6. The molecule has 1 aliphatic rings. The minimum absolute atomic E-state index is 0.276. The molecule has 1 fully saturated rings. The molecule has 1 amide bonds. The fourth-order valence-electron chi connectivity index (χ4n) is 3.16. The van der Waals surface area contributed by atoms with Crippen molar-refractivity contribution in [2.45, 2.75) is 31.1 Å². The molecule has 4 nitrogen and oxygen atoms in total. The van der Waals surface area contributed by atoms with E-state index in [2.05, 4.69) is 12.6 Å². The molecule has 2 atom stereocenters. The Morgan fingerprint density at radius 3 is 2.21 bits per heavy atom. The molecule has 0 spiro atoms. The maximum absolute atomic E-state index is 13.7.